The fraction of sp³-hybridized carbons (Fsp3) is 0.167. The highest BCUT2D eigenvalue weighted by Gasteiger charge is 2.21. The van der Waals surface area contributed by atoms with E-state index in [0.717, 1.165) is 16.7 Å². The molecule has 4 rings (SSSR count). The quantitative estimate of drug-likeness (QED) is 0.0914. The minimum atomic E-state index is -3.23. The van der Waals surface area contributed by atoms with Gasteiger partial charge in [0.2, 0.25) is 12.2 Å². The third-order valence-corrected chi connectivity index (χ3v) is 6.03. The van der Waals surface area contributed by atoms with Crippen LogP contribution in [-0.2, 0) is 13.0 Å². The Balaban J connectivity index is 1.60. The number of guanidine groups is 1. The Kier molecular flexibility index (Phi) is 10.1. The lowest BCUT2D eigenvalue weighted by Crippen LogP contribution is -2.30. The maximum atomic E-state index is 13.1. The molecular formula is C30H25F4N5O2. The van der Waals surface area contributed by atoms with Gasteiger partial charge in [0.1, 0.15) is 0 Å². The molecule has 0 unspecified atom stereocenters. The first-order valence-corrected chi connectivity index (χ1v) is 12.5. The third kappa shape index (κ3) is 8.69. The van der Waals surface area contributed by atoms with Gasteiger partial charge in [0, 0.05) is 30.5 Å². The van der Waals surface area contributed by atoms with Crippen molar-refractivity contribution < 1.29 is 27.0 Å². The van der Waals surface area contributed by atoms with Crippen LogP contribution in [0, 0.1) is 11.5 Å². The van der Waals surface area contributed by atoms with Gasteiger partial charge in [-0.2, -0.15) is 22.8 Å². The van der Waals surface area contributed by atoms with Crippen molar-refractivity contribution in [2.45, 2.75) is 32.1 Å². The monoisotopic (exact) mass is 563 g/mol. The number of ether oxygens (including phenoxy) is 2. The molecule has 0 amide bonds. The third-order valence-electron chi connectivity index (χ3n) is 6.03. The van der Waals surface area contributed by atoms with Gasteiger partial charge in [0.15, 0.2) is 11.5 Å². The maximum Gasteiger partial charge on any atom is 0.387 e. The minimum Gasteiger partial charge on any atom is -0.431 e. The van der Waals surface area contributed by atoms with Crippen molar-refractivity contribution >= 4 is 11.6 Å². The normalized spacial score (nSPS) is 12.1. The Morgan fingerprint density at radius 3 is 2.12 bits per heavy atom. The lowest BCUT2D eigenvalue weighted by molar-refractivity contribution is -0.0692. The Morgan fingerprint density at radius 2 is 1.46 bits per heavy atom. The van der Waals surface area contributed by atoms with Crippen molar-refractivity contribution in [1.82, 2.24) is 10.3 Å². The zero-order valence-electron chi connectivity index (χ0n) is 21.6. The number of halogens is 4. The van der Waals surface area contributed by atoms with E-state index in [1.165, 1.54) is 12.1 Å². The van der Waals surface area contributed by atoms with Gasteiger partial charge >= 0.3 is 13.2 Å². The van der Waals surface area contributed by atoms with Gasteiger partial charge < -0.3 is 20.1 Å². The molecule has 41 heavy (non-hydrogen) atoms. The number of nitrogens with zero attached hydrogens (tertiary/aromatic N) is 3. The van der Waals surface area contributed by atoms with E-state index < -0.39 is 24.7 Å². The zero-order valence-corrected chi connectivity index (χ0v) is 21.6. The van der Waals surface area contributed by atoms with Crippen molar-refractivity contribution in [3.63, 3.8) is 0 Å². The zero-order chi connectivity index (χ0) is 29.0. The number of hydrogen-bond acceptors (Lipinski definition) is 5. The molecule has 0 bridgehead atoms. The number of aromatic nitrogens is 1. The Morgan fingerprint density at radius 1 is 0.805 bits per heavy atom. The number of rotatable bonds is 11. The fourth-order valence-electron chi connectivity index (χ4n) is 4.18. The Hall–Kier alpha value is -5.11. The van der Waals surface area contributed by atoms with E-state index in [1.807, 2.05) is 54.6 Å². The molecule has 0 aliphatic carbocycles. The Labute approximate surface area is 234 Å². The number of hydrogen-bond donors (Lipinski definition) is 2. The van der Waals surface area contributed by atoms with E-state index in [0.29, 0.717) is 24.2 Å². The van der Waals surface area contributed by atoms with E-state index >= 15 is 0 Å². The minimum absolute atomic E-state index is 0.265. The van der Waals surface area contributed by atoms with E-state index in [-0.39, 0.29) is 11.9 Å². The van der Waals surface area contributed by atoms with Gasteiger partial charge in [-0.05, 0) is 65.1 Å². The van der Waals surface area contributed by atoms with Crippen LogP contribution >= 0.6 is 0 Å². The first-order valence-electron chi connectivity index (χ1n) is 12.5. The van der Waals surface area contributed by atoms with Gasteiger partial charge in [0.25, 0.3) is 0 Å². The van der Waals surface area contributed by atoms with E-state index in [9.17, 15) is 17.6 Å². The van der Waals surface area contributed by atoms with Gasteiger partial charge in [-0.3, -0.25) is 4.98 Å². The number of nitriles is 1. The molecule has 3 aromatic carbocycles. The highest BCUT2D eigenvalue weighted by molar-refractivity contribution is 5.94. The molecule has 0 fully saturated rings. The summed E-state index contributed by atoms with van der Waals surface area (Å²) in [4.78, 5) is 7.84. The van der Waals surface area contributed by atoms with Crippen LogP contribution in [0.4, 0.5) is 23.2 Å². The average Bonchev–Trinajstić information content (AvgIpc) is 2.97. The number of nitrogens with one attached hydrogen (secondary N) is 2. The summed E-state index contributed by atoms with van der Waals surface area (Å²) in [5, 5.41) is 15.3. The highest BCUT2D eigenvalue weighted by Crippen LogP contribution is 2.37. The number of alkyl halides is 4. The van der Waals surface area contributed by atoms with Crippen LogP contribution in [0.15, 0.2) is 102 Å². The lowest BCUT2D eigenvalue weighted by atomic mass is 9.86. The predicted octanol–water partition coefficient (Wildman–Crippen LogP) is 6.70. The Bertz CT molecular complexity index is 1460. The summed E-state index contributed by atoms with van der Waals surface area (Å²) in [6.45, 7) is -5.98. The first-order chi connectivity index (χ1) is 19.9. The smallest absolute Gasteiger partial charge is 0.387 e. The molecule has 1 aromatic heterocycles. The number of aliphatic imine (C=N–C) groups is 1. The van der Waals surface area contributed by atoms with Gasteiger partial charge in [-0.1, -0.05) is 48.5 Å². The molecule has 0 aliphatic rings. The molecule has 11 heteroatoms. The SMILES string of the molecule is N#C/N=C(\NCc1ccccc1)Nc1ccc([C@@H](Cc2ccncc2)c2ccc(OC(F)F)c(OC(F)F)c2)cc1. The molecule has 210 valence electrons. The number of anilines is 1. The molecule has 4 aromatic rings. The molecule has 7 nitrogen and oxygen atoms in total. The molecule has 0 radical (unpaired) electrons. The van der Waals surface area contributed by atoms with Crippen LogP contribution in [0.5, 0.6) is 11.5 Å². The first kappa shape index (κ1) is 28.9. The largest absolute Gasteiger partial charge is 0.431 e. The summed E-state index contributed by atoms with van der Waals surface area (Å²) in [5.41, 5.74) is 3.94. The van der Waals surface area contributed by atoms with Crippen LogP contribution in [0.2, 0.25) is 0 Å². The molecule has 0 aliphatic heterocycles. The van der Waals surface area contributed by atoms with E-state index in [2.05, 4.69) is 30.1 Å². The average molecular weight is 564 g/mol. The van der Waals surface area contributed by atoms with Crippen LogP contribution in [0.25, 0.3) is 0 Å². The second kappa shape index (κ2) is 14.3. The second-order valence-electron chi connectivity index (χ2n) is 8.72. The van der Waals surface area contributed by atoms with Gasteiger partial charge in [0.05, 0.1) is 0 Å². The second-order valence-corrected chi connectivity index (χ2v) is 8.72. The van der Waals surface area contributed by atoms with Crippen molar-refractivity contribution in [3.8, 4) is 17.7 Å². The predicted molar refractivity (Wildman–Crippen MR) is 146 cm³/mol. The summed E-state index contributed by atoms with van der Waals surface area (Å²) in [6.07, 6.45) is 5.51. The molecule has 1 heterocycles. The molecule has 0 saturated carbocycles. The fourth-order valence-corrected chi connectivity index (χ4v) is 4.18. The summed E-state index contributed by atoms with van der Waals surface area (Å²) < 4.78 is 60.8. The van der Waals surface area contributed by atoms with Crippen molar-refractivity contribution in [1.29, 1.82) is 5.26 Å². The van der Waals surface area contributed by atoms with Crippen molar-refractivity contribution in [2.24, 2.45) is 4.99 Å². The molecule has 0 saturated heterocycles. The molecule has 2 N–H and O–H groups in total. The van der Waals surface area contributed by atoms with Crippen LogP contribution in [0.3, 0.4) is 0 Å². The van der Waals surface area contributed by atoms with E-state index in [4.69, 9.17) is 5.26 Å². The maximum absolute atomic E-state index is 13.1. The van der Waals surface area contributed by atoms with Crippen LogP contribution in [0.1, 0.15) is 28.2 Å². The van der Waals surface area contributed by atoms with Crippen LogP contribution in [-0.4, -0.2) is 24.2 Å². The summed E-state index contributed by atoms with van der Waals surface area (Å²) in [7, 11) is 0. The topological polar surface area (TPSA) is 91.6 Å². The van der Waals surface area contributed by atoms with Crippen LogP contribution < -0.4 is 20.1 Å². The van der Waals surface area contributed by atoms with Crippen molar-refractivity contribution in [2.75, 3.05) is 5.32 Å². The standard InChI is InChI=1S/C30H25F4N5O2/c31-28(32)40-26-11-8-23(17-27(26)41-29(33)34)25(16-20-12-14-36-15-13-20)22-6-9-24(10-7-22)39-30(38-19-35)37-18-21-4-2-1-3-5-21/h1-15,17,25,28-29H,16,18H2,(H2,37,38,39)/t25-/m1/s1. The lowest BCUT2D eigenvalue weighted by Gasteiger charge is -2.21. The summed E-state index contributed by atoms with van der Waals surface area (Å²) in [6, 6.07) is 24.6. The highest BCUT2D eigenvalue weighted by atomic mass is 19.3. The molecule has 0 spiro atoms. The van der Waals surface area contributed by atoms with Crippen molar-refractivity contribution in [3.05, 3.63) is 120 Å². The molecular weight excluding hydrogens is 538 g/mol. The van der Waals surface area contributed by atoms with E-state index in [1.54, 1.807) is 36.8 Å². The summed E-state index contributed by atoms with van der Waals surface area (Å²) >= 11 is 0. The molecule has 1 atom stereocenters. The summed E-state index contributed by atoms with van der Waals surface area (Å²) in [5.74, 6) is -1.08. The number of pyridine rings is 1. The number of benzene rings is 3. The van der Waals surface area contributed by atoms with Gasteiger partial charge in [-0.15, -0.1) is 4.99 Å². The van der Waals surface area contributed by atoms with Gasteiger partial charge in [-0.25, -0.2) is 0 Å².